The van der Waals surface area contributed by atoms with Crippen LogP contribution < -0.4 is 0 Å². The van der Waals surface area contributed by atoms with E-state index >= 15 is 0 Å². The van der Waals surface area contributed by atoms with Gasteiger partial charge >= 0.3 is 6.18 Å². The fraction of sp³-hybridized carbons (Fsp3) is 0.467. The molecule has 0 spiro atoms. The second-order valence-electron chi connectivity index (χ2n) is 5.56. The quantitative estimate of drug-likeness (QED) is 0.590. The van der Waals surface area contributed by atoms with Crippen molar-refractivity contribution >= 4 is 11.6 Å². The molecule has 0 fully saturated rings. The van der Waals surface area contributed by atoms with Crippen LogP contribution in [0.5, 0.6) is 0 Å². The lowest BCUT2D eigenvalue weighted by atomic mass is 9.71. The zero-order valence-electron chi connectivity index (χ0n) is 10.9. The van der Waals surface area contributed by atoms with Crippen LogP contribution in [-0.4, -0.2) is 0 Å². The van der Waals surface area contributed by atoms with Crippen LogP contribution in [0.1, 0.15) is 37.8 Å². The molecule has 0 amide bonds. The van der Waals surface area contributed by atoms with Crippen molar-refractivity contribution in [3.63, 3.8) is 0 Å². The van der Waals surface area contributed by atoms with Crippen molar-refractivity contribution in [2.75, 3.05) is 0 Å². The highest BCUT2D eigenvalue weighted by molar-refractivity contribution is 6.31. The minimum Gasteiger partial charge on any atom is -0.166 e. The van der Waals surface area contributed by atoms with E-state index in [0.29, 0.717) is 11.5 Å². The predicted octanol–water partition coefficient (Wildman–Crippen LogP) is 5.60. The van der Waals surface area contributed by atoms with Crippen molar-refractivity contribution in [2.24, 2.45) is 5.92 Å². The Bertz CT molecular complexity index is 505. The SMILES string of the molecule is C[C@H]1CC=C[C@@](C)(c2ccc(Cl)c(C(F)(F)F)c2)C1. The Kier molecular flexibility index (Phi) is 3.69. The van der Waals surface area contributed by atoms with E-state index in [9.17, 15) is 13.2 Å². The molecule has 0 aromatic heterocycles. The summed E-state index contributed by atoms with van der Waals surface area (Å²) in [7, 11) is 0. The molecule has 0 nitrogen and oxygen atoms in total. The Balaban J connectivity index is 2.47. The van der Waals surface area contributed by atoms with Gasteiger partial charge in [0.05, 0.1) is 10.6 Å². The highest BCUT2D eigenvalue weighted by Crippen LogP contribution is 2.41. The van der Waals surface area contributed by atoms with Crippen molar-refractivity contribution in [3.05, 3.63) is 46.5 Å². The van der Waals surface area contributed by atoms with Gasteiger partial charge in [-0.25, -0.2) is 0 Å². The summed E-state index contributed by atoms with van der Waals surface area (Å²) in [5, 5.41) is -0.243. The summed E-state index contributed by atoms with van der Waals surface area (Å²) in [5.41, 5.74) is -0.422. The van der Waals surface area contributed by atoms with E-state index < -0.39 is 11.7 Å². The summed E-state index contributed by atoms with van der Waals surface area (Å²) < 4.78 is 38.7. The van der Waals surface area contributed by atoms with Crippen molar-refractivity contribution < 1.29 is 13.2 Å². The van der Waals surface area contributed by atoms with Gasteiger partial charge in [0.2, 0.25) is 0 Å². The number of alkyl halides is 3. The molecule has 0 heterocycles. The monoisotopic (exact) mass is 288 g/mol. The molecule has 19 heavy (non-hydrogen) atoms. The molecule has 1 aromatic carbocycles. The van der Waals surface area contributed by atoms with E-state index in [4.69, 9.17) is 11.6 Å². The summed E-state index contributed by atoms with van der Waals surface area (Å²) in [6, 6.07) is 4.22. The second-order valence-corrected chi connectivity index (χ2v) is 5.96. The highest BCUT2D eigenvalue weighted by atomic mass is 35.5. The van der Waals surface area contributed by atoms with Crippen LogP contribution >= 0.6 is 11.6 Å². The van der Waals surface area contributed by atoms with Crippen molar-refractivity contribution in [1.29, 1.82) is 0 Å². The molecular formula is C15H16ClF3. The molecule has 1 aromatic rings. The molecule has 104 valence electrons. The van der Waals surface area contributed by atoms with Gasteiger partial charge in [-0.2, -0.15) is 13.2 Å². The zero-order chi connectivity index (χ0) is 14.3. The third-order valence-corrected chi connectivity index (χ3v) is 4.06. The fourth-order valence-electron chi connectivity index (χ4n) is 2.75. The molecule has 1 aliphatic rings. The second kappa shape index (κ2) is 4.86. The first-order valence-electron chi connectivity index (χ1n) is 6.27. The van der Waals surface area contributed by atoms with Crippen LogP contribution in [0.4, 0.5) is 13.2 Å². The van der Waals surface area contributed by atoms with Gasteiger partial charge in [0.25, 0.3) is 0 Å². The number of hydrogen-bond acceptors (Lipinski definition) is 0. The standard InChI is InChI=1S/C15H16ClF3/c1-10-4-3-7-14(2,9-10)11-5-6-13(16)12(8-11)15(17,18)19/h3,5-8,10H,4,9H2,1-2H3/t10-,14+/m0/s1. The van der Waals surface area contributed by atoms with E-state index in [2.05, 4.69) is 13.0 Å². The van der Waals surface area contributed by atoms with Gasteiger partial charge < -0.3 is 0 Å². The van der Waals surface area contributed by atoms with Gasteiger partial charge in [0, 0.05) is 5.41 Å². The third-order valence-electron chi connectivity index (χ3n) is 3.73. The Morgan fingerprint density at radius 2 is 2.00 bits per heavy atom. The van der Waals surface area contributed by atoms with Gasteiger partial charge in [0.15, 0.2) is 0 Å². The summed E-state index contributed by atoms with van der Waals surface area (Å²) in [6.45, 7) is 4.09. The van der Waals surface area contributed by atoms with Gasteiger partial charge in [-0.1, -0.05) is 43.7 Å². The van der Waals surface area contributed by atoms with Gasteiger partial charge in [-0.05, 0) is 36.5 Å². The van der Waals surface area contributed by atoms with Gasteiger partial charge in [-0.15, -0.1) is 0 Å². The van der Waals surface area contributed by atoms with Crippen molar-refractivity contribution in [1.82, 2.24) is 0 Å². The number of benzene rings is 1. The number of rotatable bonds is 1. The predicted molar refractivity (Wildman–Crippen MR) is 71.3 cm³/mol. The molecule has 0 saturated carbocycles. The van der Waals surface area contributed by atoms with E-state index in [-0.39, 0.29) is 10.4 Å². The van der Waals surface area contributed by atoms with Crippen LogP contribution in [0.2, 0.25) is 5.02 Å². The van der Waals surface area contributed by atoms with Crippen LogP contribution in [0.3, 0.4) is 0 Å². The molecule has 0 unspecified atom stereocenters. The van der Waals surface area contributed by atoms with Crippen LogP contribution in [0.25, 0.3) is 0 Å². The first kappa shape index (κ1) is 14.4. The smallest absolute Gasteiger partial charge is 0.166 e. The Morgan fingerprint density at radius 1 is 1.32 bits per heavy atom. The Morgan fingerprint density at radius 3 is 2.58 bits per heavy atom. The van der Waals surface area contributed by atoms with Crippen molar-refractivity contribution in [2.45, 2.75) is 38.3 Å². The molecule has 4 heteroatoms. The highest BCUT2D eigenvalue weighted by Gasteiger charge is 2.36. The molecular weight excluding hydrogens is 273 g/mol. The van der Waals surface area contributed by atoms with Gasteiger partial charge in [0.1, 0.15) is 0 Å². The number of allylic oxidation sites excluding steroid dienone is 2. The summed E-state index contributed by atoms with van der Waals surface area (Å²) in [6.07, 6.45) is 1.48. The first-order chi connectivity index (χ1) is 8.72. The number of halogens is 4. The minimum atomic E-state index is -4.41. The summed E-state index contributed by atoms with van der Waals surface area (Å²) in [5.74, 6) is 0.472. The Labute approximate surface area is 116 Å². The minimum absolute atomic E-state index is 0.243. The van der Waals surface area contributed by atoms with E-state index in [0.717, 1.165) is 12.8 Å². The maximum atomic E-state index is 12.9. The van der Waals surface area contributed by atoms with Crippen LogP contribution in [0.15, 0.2) is 30.4 Å². The van der Waals surface area contributed by atoms with Gasteiger partial charge in [-0.3, -0.25) is 0 Å². The van der Waals surface area contributed by atoms with Crippen molar-refractivity contribution in [3.8, 4) is 0 Å². The van der Waals surface area contributed by atoms with E-state index in [1.54, 1.807) is 6.07 Å². The van der Waals surface area contributed by atoms with Crippen LogP contribution in [-0.2, 0) is 11.6 Å². The lowest BCUT2D eigenvalue weighted by Gasteiger charge is -2.33. The van der Waals surface area contributed by atoms with E-state index in [1.165, 1.54) is 12.1 Å². The largest absolute Gasteiger partial charge is 0.417 e. The molecule has 2 rings (SSSR count). The van der Waals surface area contributed by atoms with Crippen LogP contribution in [0, 0.1) is 5.92 Å². The molecule has 0 bridgehead atoms. The first-order valence-corrected chi connectivity index (χ1v) is 6.65. The molecule has 0 aliphatic heterocycles. The summed E-state index contributed by atoms with van der Waals surface area (Å²) >= 11 is 5.66. The normalized spacial score (nSPS) is 27.6. The lowest BCUT2D eigenvalue weighted by Crippen LogP contribution is -2.25. The maximum absolute atomic E-state index is 12.9. The molecule has 1 aliphatic carbocycles. The molecule has 2 atom stereocenters. The van der Waals surface area contributed by atoms with E-state index in [1.807, 2.05) is 13.0 Å². The lowest BCUT2D eigenvalue weighted by molar-refractivity contribution is -0.137. The molecule has 0 N–H and O–H groups in total. The Hall–Kier alpha value is -0.960. The third kappa shape index (κ3) is 2.97. The summed E-state index contributed by atoms with van der Waals surface area (Å²) in [4.78, 5) is 0. The average Bonchev–Trinajstić information content (AvgIpc) is 2.27. The average molecular weight is 289 g/mol. The number of hydrogen-bond donors (Lipinski definition) is 0. The molecule has 0 saturated heterocycles. The zero-order valence-corrected chi connectivity index (χ0v) is 11.6. The fourth-order valence-corrected chi connectivity index (χ4v) is 2.97. The maximum Gasteiger partial charge on any atom is 0.417 e. The topological polar surface area (TPSA) is 0 Å². The molecule has 0 radical (unpaired) electrons.